The Bertz CT molecular complexity index is 929. The van der Waals surface area contributed by atoms with E-state index in [-0.39, 0.29) is 18.2 Å². The minimum absolute atomic E-state index is 0.132. The Morgan fingerprint density at radius 3 is 2.68 bits per heavy atom. The van der Waals surface area contributed by atoms with Gasteiger partial charge in [-0.3, -0.25) is 4.79 Å². The van der Waals surface area contributed by atoms with E-state index in [0.29, 0.717) is 30.1 Å². The average molecular weight is 405 g/mol. The van der Waals surface area contributed by atoms with Crippen molar-refractivity contribution in [3.8, 4) is 0 Å². The van der Waals surface area contributed by atoms with Gasteiger partial charge in [-0.2, -0.15) is 4.31 Å². The number of hydrogen-bond donors (Lipinski definition) is 1. The maximum Gasteiger partial charge on any atom is 0.243 e. The number of hydrogen-bond acceptors (Lipinski definition) is 3. The first-order chi connectivity index (χ1) is 13.3. The van der Waals surface area contributed by atoms with Crippen molar-refractivity contribution in [1.82, 2.24) is 4.31 Å². The molecule has 1 aliphatic rings. The van der Waals surface area contributed by atoms with Crippen molar-refractivity contribution < 1.29 is 17.6 Å². The van der Waals surface area contributed by atoms with Crippen LogP contribution in [0.5, 0.6) is 0 Å². The summed E-state index contributed by atoms with van der Waals surface area (Å²) in [7, 11) is -3.51. The third-order valence-corrected chi connectivity index (χ3v) is 6.91. The number of anilines is 1. The highest BCUT2D eigenvalue weighted by Gasteiger charge is 2.30. The highest BCUT2D eigenvalue weighted by molar-refractivity contribution is 7.89. The SMILES string of the molecule is Cc1ccc(S(=O)(=O)N2CCCC(CCC(=O)Nc3cccc(F)c3)C2)cc1. The number of amides is 1. The van der Waals surface area contributed by atoms with E-state index in [0.717, 1.165) is 18.4 Å². The maximum atomic E-state index is 13.2. The van der Waals surface area contributed by atoms with Crippen LogP contribution in [-0.4, -0.2) is 31.7 Å². The Morgan fingerprint density at radius 2 is 1.96 bits per heavy atom. The van der Waals surface area contributed by atoms with E-state index in [2.05, 4.69) is 5.32 Å². The molecule has 3 rings (SSSR count). The van der Waals surface area contributed by atoms with Crippen LogP contribution in [0.4, 0.5) is 10.1 Å². The number of rotatable bonds is 6. The molecule has 2 aromatic carbocycles. The number of sulfonamides is 1. The molecule has 1 N–H and O–H groups in total. The topological polar surface area (TPSA) is 66.5 Å². The fourth-order valence-corrected chi connectivity index (χ4v) is 5.02. The second-order valence-corrected chi connectivity index (χ2v) is 9.22. The Kier molecular flexibility index (Phi) is 6.46. The van der Waals surface area contributed by atoms with Gasteiger partial charge in [-0.25, -0.2) is 12.8 Å². The molecule has 1 amide bonds. The van der Waals surface area contributed by atoms with Gasteiger partial charge in [0.1, 0.15) is 5.82 Å². The zero-order valence-corrected chi connectivity index (χ0v) is 16.7. The molecule has 1 heterocycles. The molecule has 28 heavy (non-hydrogen) atoms. The van der Waals surface area contributed by atoms with Crippen molar-refractivity contribution in [1.29, 1.82) is 0 Å². The van der Waals surface area contributed by atoms with Gasteiger partial charge in [0.25, 0.3) is 0 Å². The first kappa shape index (κ1) is 20.5. The summed E-state index contributed by atoms with van der Waals surface area (Å²) in [6, 6.07) is 12.6. The molecule has 1 saturated heterocycles. The van der Waals surface area contributed by atoms with Crippen LogP contribution in [0.3, 0.4) is 0 Å². The number of nitrogens with zero attached hydrogens (tertiary/aromatic N) is 1. The summed E-state index contributed by atoms with van der Waals surface area (Å²) in [5, 5.41) is 2.68. The van der Waals surface area contributed by atoms with E-state index in [1.54, 1.807) is 36.4 Å². The highest BCUT2D eigenvalue weighted by atomic mass is 32.2. The predicted molar refractivity (Wildman–Crippen MR) is 107 cm³/mol. The summed E-state index contributed by atoms with van der Waals surface area (Å²) < 4.78 is 40.5. The Labute approximate surface area is 165 Å². The minimum Gasteiger partial charge on any atom is -0.326 e. The summed E-state index contributed by atoms with van der Waals surface area (Å²) >= 11 is 0. The number of halogens is 1. The zero-order chi connectivity index (χ0) is 20.1. The number of benzene rings is 2. The van der Waals surface area contributed by atoms with Crippen LogP contribution in [0.2, 0.25) is 0 Å². The maximum absolute atomic E-state index is 13.2. The van der Waals surface area contributed by atoms with Crippen molar-refractivity contribution in [3.05, 3.63) is 59.9 Å². The van der Waals surface area contributed by atoms with Crippen molar-refractivity contribution >= 4 is 21.6 Å². The molecule has 0 radical (unpaired) electrons. The van der Waals surface area contributed by atoms with E-state index < -0.39 is 15.8 Å². The van der Waals surface area contributed by atoms with Gasteiger partial charge in [0, 0.05) is 25.2 Å². The smallest absolute Gasteiger partial charge is 0.243 e. The second-order valence-electron chi connectivity index (χ2n) is 7.28. The lowest BCUT2D eigenvalue weighted by molar-refractivity contribution is -0.116. The molecule has 1 fully saturated rings. The average Bonchev–Trinajstić information content (AvgIpc) is 2.67. The molecular weight excluding hydrogens is 379 g/mol. The number of carbonyl (C=O) groups excluding carboxylic acids is 1. The third kappa shape index (κ3) is 5.17. The molecule has 0 saturated carbocycles. The summed E-state index contributed by atoms with van der Waals surface area (Å²) in [6.07, 6.45) is 2.55. The molecule has 0 aromatic heterocycles. The van der Waals surface area contributed by atoms with E-state index in [1.807, 2.05) is 6.92 Å². The van der Waals surface area contributed by atoms with Gasteiger partial charge in [0.15, 0.2) is 0 Å². The monoisotopic (exact) mass is 404 g/mol. The first-order valence-electron chi connectivity index (χ1n) is 9.47. The fourth-order valence-electron chi connectivity index (χ4n) is 3.47. The fraction of sp³-hybridized carbons (Fsp3) is 0.381. The van der Waals surface area contributed by atoms with Gasteiger partial charge in [-0.05, 0) is 62.4 Å². The van der Waals surface area contributed by atoms with Crippen LogP contribution >= 0.6 is 0 Å². The first-order valence-corrected chi connectivity index (χ1v) is 10.9. The quantitative estimate of drug-likeness (QED) is 0.793. The van der Waals surface area contributed by atoms with Crippen LogP contribution in [0.25, 0.3) is 0 Å². The Balaban J connectivity index is 1.56. The molecule has 150 valence electrons. The van der Waals surface area contributed by atoms with Crippen LogP contribution in [-0.2, 0) is 14.8 Å². The predicted octanol–water partition coefficient (Wildman–Crippen LogP) is 3.95. The molecule has 1 aliphatic heterocycles. The van der Waals surface area contributed by atoms with Crippen LogP contribution < -0.4 is 5.32 Å². The molecule has 0 aliphatic carbocycles. The Hall–Kier alpha value is -2.25. The lowest BCUT2D eigenvalue weighted by Crippen LogP contribution is -2.40. The zero-order valence-electron chi connectivity index (χ0n) is 15.9. The summed E-state index contributed by atoms with van der Waals surface area (Å²) in [5.74, 6) is -0.460. The Morgan fingerprint density at radius 1 is 1.21 bits per heavy atom. The standard InChI is InChI=1S/C21H25FN2O3S/c1-16-7-10-20(11-8-16)28(26,27)24-13-3-4-17(15-24)9-12-21(25)23-19-6-2-5-18(22)14-19/h2,5-8,10-11,14,17H,3-4,9,12-13,15H2,1H3,(H,23,25). The number of nitrogens with one attached hydrogen (secondary N) is 1. The van der Waals surface area contributed by atoms with Crippen molar-refractivity contribution in [2.24, 2.45) is 5.92 Å². The number of carbonyl (C=O) groups is 1. The molecule has 0 spiro atoms. The largest absolute Gasteiger partial charge is 0.326 e. The molecule has 1 atom stereocenters. The van der Waals surface area contributed by atoms with Crippen LogP contribution in [0, 0.1) is 18.7 Å². The molecule has 0 bridgehead atoms. The van der Waals surface area contributed by atoms with E-state index >= 15 is 0 Å². The summed E-state index contributed by atoms with van der Waals surface area (Å²) in [5.41, 5.74) is 1.44. The molecule has 5 nitrogen and oxygen atoms in total. The lowest BCUT2D eigenvalue weighted by atomic mass is 9.94. The molecule has 1 unspecified atom stereocenters. The van der Waals surface area contributed by atoms with Gasteiger partial charge in [0.2, 0.25) is 15.9 Å². The van der Waals surface area contributed by atoms with Gasteiger partial charge in [-0.15, -0.1) is 0 Å². The van der Waals surface area contributed by atoms with Gasteiger partial charge >= 0.3 is 0 Å². The normalized spacial score (nSPS) is 18.0. The van der Waals surface area contributed by atoms with E-state index in [1.165, 1.54) is 16.4 Å². The minimum atomic E-state index is -3.51. The van der Waals surface area contributed by atoms with Crippen molar-refractivity contribution in [2.45, 2.75) is 37.5 Å². The highest BCUT2D eigenvalue weighted by Crippen LogP contribution is 2.26. The second kappa shape index (κ2) is 8.84. The summed E-state index contributed by atoms with van der Waals surface area (Å²) in [4.78, 5) is 12.4. The molecule has 2 aromatic rings. The van der Waals surface area contributed by atoms with Crippen LogP contribution in [0.1, 0.15) is 31.2 Å². The van der Waals surface area contributed by atoms with Crippen molar-refractivity contribution in [2.75, 3.05) is 18.4 Å². The van der Waals surface area contributed by atoms with E-state index in [4.69, 9.17) is 0 Å². The molecule has 7 heteroatoms. The number of aryl methyl sites for hydroxylation is 1. The van der Waals surface area contributed by atoms with Gasteiger partial charge in [0.05, 0.1) is 4.90 Å². The third-order valence-electron chi connectivity index (χ3n) is 5.03. The summed E-state index contributed by atoms with van der Waals surface area (Å²) in [6.45, 7) is 2.84. The number of piperidine rings is 1. The lowest BCUT2D eigenvalue weighted by Gasteiger charge is -2.32. The molecular formula is C21H25FN2O3S. The van der Waals surface area contributed by atoms with Gasteiger partial charge < -0.3 is 5.32 Å². The van der Waals surface area contributed by atoms with E-state index in [9.17, 15) is 17.6 Å². The van der Waals surface area contributed by atoms with Gasteiger partial charge in [-0.1, -0.05) is 23.8 Å². The van der Waals surface area contributed by atoms with Crippen LogP contribution in [0.15, 0.2) is 53.4 Å². The van der Waals surface area contributed by atoms with Crippen molar-refractivity contribution in [3.63, 3.8) is 0 Å².